The summed E-state index contributed by atoms with van der Waals surface area (Å²) in [5.74, 6) is 0.847. The van der Waals surface area contributed by atoms with Gasteiger partial charge < -0.3 is 44.7 Å². The summed E-state index contributed by atoms with van der Waals surface area (Å²) in [5.41, 5.74) is 4.54. The minimum atomic E-state index is -0.705. The van der Waals surface area contributed by atoms with E-state index in [1.165, 1.54) is 4.90 Å². The topological polar surface area (TPSA) is 231 Å². The molecule has 0 saturated carbocycles. The molecule has 5 aromatic rings. The Morgan fingerprint density at radius 2 is 1.48 bits per heavy atom. The molecule has 0 radical (unpaired) electrons. The van der Waals surface area contributed by atoms with E-state index in [-0.39, 0.29) is 43.0 Å². The van der Waals surface area contributed by atoms with Crippen molar-refractivity contribution in [1.29, 1.82) is 0 Å². The number of pyridine rings is 1. The summed E-state index contributed by atoms with van der Waals surface area (Å²) in [5, 5.41) is 19.8. The van der Waals surface area contributed by atoms with Crippen LogP contribution in [0.1, 0.15) is 115 Å². The van der Waals surface area contributed by atoms with Crippen molar-refractivity contribution in [2.75, 3.05) is 77.0 Å². The molecular formula is C56H70N10O9. The fourth-order valence-electron chi connectivity index (χ4n) is 9.50. The third-order valence-electron chi connectivity index (χ3n) is 13.8. The fraction of sp³-hybridized carbons (Fsp3) is 0.464. The number of hydrogen-bond donors (Lipinski definition) is 5. The molecule has 2 fully saturated rings. The van der Waals surface area contributed by atoms with Gasteiger partial charge in [-0.15, -0.1) is 0 Å². The van der Waals surface area contributed by atoms with Crippen LogP contribution in [0, 0.1) is 0 Å². The molecule has 3 aliphatic rings. The zero-order chi connectivity index (χ0) is 52.2. The van der Waals surface area contributed by atoms with Crippen LogP contribution in [-0.4, -0.2) is 132 Å². The summed E-state index contributed by atoms with van der Waals surface area (Å²) < 4.78 is 23.0. The SMILES string of the molecule is CN1CCC(Nc2cccc(C(=O)NCc3ccc(OCCCCCCOCCOCCOCCCCCC(=O)Nc4cccc5c4CN(C4CCC(=O)NC4=O)C5=O)cc3)c2)(c2nc(-c3ccncc3)n[nH]2)CC1. The van der Waals surface area contributed by atoms with Crippen molar-refractivity contribution < 1.29 is 42.9 Å². The van der Waals surface area contributed by atoms with Gasteiger partial charge in [-0.2, -0.15) is 5.10 Å². The second-order valence-electron chi connectivity index (χ2n) is 19.4. The maximum absolute atomic E-state index is 13.3. The minimum Gasteiger partial charge on any atom is -0.494 e. The van der Waals surface area contributed by atoms with E-state index in [0.29, 0.717) is 93.8 Å². The fourth-order valence-corrected chi connectivity index (χ4v) is 9.50. The predicted molar refractivity (Wildman–Crippen MR) is 282 cm³/mol. The molecule has 0 bridgehead atoms. The highest BCUT2D eigenvalue weighted by Gasteiger charge is 2.41. The van der Waals surface area contributed by atoms with Crippen LogP contribution in [0.4, 0.5) is 11.4 Å². The average molecular weight is 1030 g/mol. The van der Waals surface area contributed by atoms with Gasteiger partial charge in [-0.3, -0.25) is 39.4 Å². The molecule has 2 aromatic heterocycles. The summed E-state index contributed by atoms with van der Waals surface area (Å²) in [6.07, 6.45) is 12.3. The number of imide groups is 1. The third-order valence-corrected chi connectivity index (χ3v) is 13.8. The number of aromatic amines is 1. The van der Waals surface area contributed by atoms with Crippen molar-refractivity contribution in [2.45, 2.75) is 102 Å². The van der Waals surface area contributed by atoms with Crippen LogP contribution in [0.2, 0.25) is 0 Å². The van der Waals surface area contributed by atoms with E-state index in [9.17, 15) is 24.0 Å². The van der Waals surface area contributed by atoms with Crippen molar-refractivity contribution in [1.82, 2.24) is 40.6 Å². The zero-order valence-corrected chi connectivity index (χ0v) is 42.9. The molecule has 3 aliphatic heterocycles. The highest BCUT2D eigenvalue weighted by molar-refractivity contribution is 6.06. The lowest BCUT2D eigenvalue weighted by atomic mass is 9.86. The summed E-state index contributed by atoms with van der Waals surface area (Å²) in [7, 11) is 2.12. The molecule has 5 heterocycles. The normalized spacial score (nSPS) is 16.4. The van der Waals surface area contributed by atoms with Crippen molar-refractivity contribution >= 4 is 40.9 Å². The highest BCUT2D eigenvalue weighted by atomic mass is 16.5. The van der Waals surface area contributed by atoms with Gasteiger partial charge >= 0.3 is 0 Å². The molecule has 0 spiro atoms. The van der Waals surface area contributed by atoms with Crippen LogP contribution in [0.15, 0.2) is 91.3 Å². The van der Waals surface area contributed by atoms with E-state index < -0.39 is 17.5 Å². The van der Waals surface area contributed by atoms with Gasteiger partial charge in [0, 0.05) is 98.3 Å². The Morgan fingerprint density at radius 3 is 2.21 bits per heavy atom. The molecule has 0 aliphatic carbocycles. The third kappa shape index (κ3) is 15.5. The number of carbonyl (C=O) groups is 5. The molecule has 3 aromatic carbocycles. The largest absolute Gasteiger partial charge is 0.494 e. The number of likely N-dealkylation sites (tertiary alicyclic amines) is 1. The van der Waals surface area contributed by atoms with E-state index in [1.54, 1.807) is 30.6 Å². The van der Waals surface area contributed by atoms with Crippen LogP contribution in [0.3, 0.4) is 0 Å². The Bertz CT molecular complexity index is 2680. The molecular weight excluding hydrogens is 957 g/mol. The number of hydrogen-bond acceptors (Lipinski definition) is 14. The lowest BCUT2D eigenvalue weighted by Crippen LogP contribution is -2.52. The molecule has 8 rings (SSSR count). The first-order chi connectivity index (χ1) is 36.6. The van der Waals surface area contributed by atoms with E-state index in [2.05, 4.69) is 48.4 Å². The number of fused-ring (bicyclic) bond motifs is 1. The molecule has 398 valence electrons. The number of benzene rings is 3. The number of anilines is 2. The number of unbranched alkanes of at least 4 members (excludes halogenated alkanes) is 5. The highest BCUT2D eigenvalue weighted by Crippen LogP contribution is 2.36. The van der Waals surface area contributed by atoms with Crippen LogP contribution in [0.5, 0.6) is 5.75 Å². The Hall–Kier alpha value is -7.06. The number of nitrogens with zero attached hydrogens (tertiary/aromatic N) is 5. The van der Waals surface area contributed by atoms with Gasteiger partial charge in [0.1, 0.15) is 11.8 Å². The second-order valence-corrected chi connectivity index (χ2v) is 19.4. The maximum Gasteiger partial charge on any atom is 0.255 e. The summed E-state index contributed by atoms with van der Waals surface area (Å²) in [6.45, 7) is 6.32. The maximum atomic E-state index is 13.3. The number of nitrogens with one attached hydrogen (secondary N) is 5. The first-order valence-corrected chi connectivity index (χ1v) is 26.3. The standard InChI is InChI=1S/C56H70N10O9/c1-65-28-24-56(25-29-65,55-61-51(63-64-55)41-22-26-57-27-23-41)62-43-12-9-11-42(37-43)52(69)58-38-40-16-18-44(19-17-40)75-32-8-3-2-6-30-72-33-35-74-36-34-73-31-7-4-5-15-49(67)59-47-14-10-13-45-46(47)39-66(54(45)71)48-20-21-50(68)60-53(48)70/h9-14,16-19,22-23,26-27,37,48,62H,2-8,15,20-21,24-25,28-36,38-39H2,1H3,(H,58,69)(H,59,67)(H,60,68,70)(H,61,63,64). The van der Waals surface area contributed by atoms with E-state index in [0.717, 1.165) is 92.8 Å². The van der Waals surface area contributed by atoms with Gasteiger partial charge in [0.2, 0.25) is 17.7 Å². The van der Waals surface area contributed by atoms with Gasteiger partial charge in [0.25, 0.3) is 11.8 Å². The van der Waals surface area contributed by atoms with Crippen molar-refractivity contribution in [3.63, 3.8) is 0 Å². The Kier molecular flexibility index (Phi) is 19.9. The lowest BCUT2D eigenvalue weighted by Gasteiger charge is -2.40. The smallest absolute Gasteiger partial charge is 0.255 e. The van der Waals surface area contributed by atoms with Crippen LogP contribution in [-0.2, 0) is 47.2 Å². The summed E-state index contributed by atoms with van der Waals surface area (Å²) >= 11 is 0. The van der Waals surface area contributed by atoms with Gasteiger partial charge in [-0.05, 0) is 119 Å². The van der Waals surface area contributed by atoms with E-state index in [1.807, 2.05) is 60.7 Å². The molecule has 19 nitrogen and oxygen atoms in total. The van der Waals surface area contributed by atoms with Crippen molar-refractivity contribution in [3.05, 3.63) is 119 Å². The molecule has 1 unspecified atom stereocenters. The Labute approximate surface area is 438 Å². The molecule has 5 N–H and O–H groups in total. The van der Waals surface area contributed by atoms with Gasteiger partial charge in [-0.1, -0.05) is 37.1 Å². The molecule has 75 heavy (non-hydrogen) atoms. The molecule has 5 amide bonds. The number of rotatable bonds is 29. The van der Waals surface area contributed by atoms with Gasteiger partial charge in [0.05, 0.1) is 38.6 Å². The van der Waals surface area contributed by atoms with E-state index >= 15 is 0 Å². The minimum absolute atomic E-state index is 0.134. The average Bonchev–Trinajstić information content (AvgIpc) is 4.07. The summed E-state index contributed by atoms with van der Waals surface area (Å²) in [4.78, 5) is 75.9. The van der Waals surface area contributed by atoms with E-state index in [4.69, 9.17) is 23.9 Å². The van der Waals surface area contributed by atoms with Crippen molar-refractivity contribution in [2.24, 2.45) is 0 Å². The summed E-state index contributed by atoms with van der Waals surface area (Å²) in [6, 6.07) is 23.7. The van der Waals surface area contributed by atoms with Crippen LogP contribution < -0.4 is 26.0 Å². The predicted octanol–water partition coefficient (Wildman–Crippen LogP) is 6.78. The lowest BCUT2D eigenvalue weighted by molar-refractivity contribution is -0.137. The van der Waals surface area contributed by atoms with Crippen LogP contribution in [0.25, 0.3) is 11.4 Å². The molecule has 2 saturated heterocycles. The molecule has 19 heteroatoms. The monoisotopic (exact) mass is 1030 g/mol. The Morgan fingerprint density at radius 1 is 0.787 bits per heavy atom. The Balaban J connectivity index is 0.606. The number of ether oxygens (including phenoxy) is 4. The van der Waals surface area contributed by atoms with Gasteiger partial charge in [0.15, 0.2) is 11.6 Å². The number of carbonyl (C=O) groups excluding carboxylic acids is 5. The van der Waals surface area contributed by atoms with Crippen LogP contribution >= 0.6 is 0 Å². The quantitative estimate of drug-likeness (QED) is 0.0246. The number of amides is 5. The van der Waals surface area contributed by atoms with Gasteiger partial charge in [-0.25, -0.2) is 4.98 Å². The first-order valence-electron chi connectivity index (χ1n) is 26.3. The second kappa shape index (κ2) is 27.5. The molecule has 1 atom stereocenters. The number of piperidine rings is 2. The van der Waals surface area contributed by atoms with Crippen molar-refractivity contribution in [3.8, 4) is 17.1 Å². The first kappa shape index (κ1) is 54.2. The zero-order valence-electron chi connectivity index (χ0n) is 42.9. The number of H-pyrrole nitrogens is 1. The number of aromatic nitrogens is 4.